The number of likely N-dealkylation sites (N-methyl/N-ethyl adjacent to an activating group) is 1. The summed E-state index contributed by atoms with van der Waals surface area (Å²) in [6.07, 6.45) is 0.503. The fourth-order valence-electron chi connectivity index (χ4n) is 1.75. The van der Waals surface area contributed by atoms with Crippen molar-refractivity contribution in [2.24, 2.45) is 0 Å². The molecule has 0 amide bonds. The van der Waals surface area contributed by atoms with Gasteiger partial charge in [-0.05, 0) is 24.7 Å². The first kappa shape index (κ1) is 13.2. The molecule has 2 rings (SSSR count). The molecule has 0 unspecified atom stereocenters. The van der Waals surface area contributed by atoms with Crippen LogP contribution in [0.15, 0.2) is 29.1 Å². The number of nitrogens with one attached hydrogen (secondary N) is 2. The van der Waals surface area contributed by atoms with Gasteiger partial charge in [-0.25, -0.2) is 4.39 Å². The first-order valence-corrected chi connectivity index (χ1v) is 5.84. The van der Waals surface area contributed by atoms with E-state index >= 15 is 0 Å². The van der Waals surface area contributed by atoms with E-state index in [1.54, 1.807) is 7.05 Å². The van der Waals surface area contributed by atoms with E-state index < -0.39 is 11.4 Å². The van der Waals surface area contributed by atoms with Crippen molar-refractivity contribution in [3.8, 4) is 17.0 Å². The van der Waals surface area contributed by atoms with Crippen LogP contribution in [-0.2, 0) is 6.42 Å². The minimum absolute atomic E-state index is 0.0493. The van der Waals surface area contributed by atoms with Crippen molar-refractivity contribution in [1.82, 2.24) is 15.3 Å². The maximum absolute atomic E-state index is 12.8. The van der Waals surface area contributed by atoms with Crippen molar-refractivity contribution in [3.63, 3.8) is 0 Å². The van der Waals surface area contributed by atoms with Gasteiger partial charge in [0.05, 0.1) is 0 Å². The smallest absolute Gasteiger partial charge is 0.262 e. The number of hydrogen-bond donors (Lipinski definition) is 3. The van der Waals surface area contributed by atoms with Gasteiger partial charge < -0.3 is 15.4 Å². The zero-order chi connectivity index (χ0) is 13.8. The van der Waals surface area contributed by atoms with Crippen molar-refractivity contribution in [2.45, 2.75) is 6.42 Å². The Morgan fingerprint density at radius 2 is 2.05 bits per heavy atom. The summed E-state index contributed by atoms with van der Waals surface area (Å²) >= 11 is 0. The predicted molar refractivity (Wildman–Crippen MR) is 69.5 cm³/mol. The minimum Gasteiger partial charge on any atom is -0.493 e. The lowest BCUT2D eigenvalue weighted by molar-refractivity contribution is 0.449. The Kier molecular flexibility index (Phi) is 3.91. The quantitative estimate of drug-likeness (QED) is 0.770. The SMILES string of the molecule is CNCCc1nc(O)c(-c2ccc(F)cc2)c(=O)[nH]1. The number of H-pyrrole nitrogens is 1. The number of aromatic amines is 1. The molecule has 1 heterocycles. The summed E-state index contributed by atoms with van der Waals surface area (Å²) in [4.78, 5) is 18.5. The van der Waals surface area contributed by atoms with Gasteiger partial charge in [-0.15, -0.1) is 0 Å². The Balaban J connectivity index is 2.42. The molecule has 100 valence electrons. The number of halogens is 1. The number of benzene rings is 1. The molecule has 3 N–H and O–H groups in total. The lowest BCUT2D eigenvalue weighted by Gasteiger charge is -2.06. The van der Waals surface area contributed by atoms with Crippen molar-refractivity contribution in [1.29, 1.82) is 0 Å². The molecular formula is C13H14FN3O2. The Bertz CT molecular complexity index is 623. The first-order valence-electron chi connectivity index (χ1n) is 5.84. The second-order valence-electron chi connectivity index (χ2n) is 4.07. The highest BCUT2D eigenvalue weighted by molar-refractivity contribution is 5.66. The largest absolute Gasteiger partial charge is 0.493 e. The monoisotopic (exact) mass is 263 g/mol. The van der Waals surface area contributed by atoms with Crippen LogP contribution in [0.2, 0.25) is 0 Å². The number of nitrogens with zero attached hydrogens (tertiary/aromatic N) is 1. The summed E-state index contributed by atoms with van der Waals surface area (Å²) in [6, 6.07) is 5.30. The molecule has 0 aliphatic carbocycles. The van der Waals surface area contributed by atoms with Gasteiger partial charge in [0.1, 0.15) is 17.2 Å². The lowest BCUT2D eigenvalue weighted by atomic mass is 10.1. The van der Waals surface area contributed by atoms with Gasteiger partial charge in [0.25, 0.3) is 5.56 Å². The number of rotatable bonds is 4. The topological polar surface area (TPSA) is 78.0 Å². The summed E-state index contributed by atoms with van der Waals surface area (Å²) in [5.74, 6) is -0.345. The zero-order valence-corrected chi connectivity index (χ0v) is 10.4. The Morgan fingerprint density at radius 3 is 2.63 bits per heavy atom. The van der Waals surface area contributed by atoms with Crippen molar-refractivity contribution in [2.75, 3.05) is 13.6 Å². The van der Waals surface area contributed by atoms with Crippen LogP contribution in [0.1, 0.15) is 5.82 Å². The van der Waals surface area contributed by atoms with E-state index in [0.717, 1.165) is 0 Å². The van der Waals surface area contributed by atoms with Gasteiger partial charge in [0, 0.05) is 13.0 Å². The molecule has 5 nitrogen and oxygen atoms in total. The van der Waals surface area contributed by atoms with E-state index in [0.29, 0.717) is 24.4 Å². The van der Waals surface area contributed by atoms with Crippen LogP contribution in [-0.4, -0.2) is 28.7 Å². The number of aromatic nitrogens is 2. The normalized spacial score (nSPS) is 10.6. The summed E-state index contributed by atoms with van der Waals surface area (Å²) in [7, 11) is 1.78. The van der Waals surface area contributed by atoms with Crippen molar-refractivity contribution in [3.05, 3.63) is 46.3 Å². The van der Waals surface area contributed by atoms with Crippen LogP contribution >= 0.6 is 0 Å². The average Bonchev–Trinajstić information content (AvgIpc) is 2.38. The van der Waals surface area contributed by atoms with E-state index in [-0.39, 0.29) is 11.4 Å². The van der Waals surface area contributed by atoms with Gasteiger partial charge in [0.2, 0.25) is 5.88 Å². The second kappa shape index (κ2) is 5.62. The number of hydrogen-bond acceptors (Lipinski definition) is 4. The van der Waals surface area contributed by atoms with Gasteiger partial charge in [0.15, 0.2) is 0 Å². The third-order valence-electron chi connectivity index (χ3n) is 2.69. The molecule has 0 bridgehead atoms. The van der Waals surface area contributed by atoms with Crippen LogP contribution in [0, 0.1) is 5.82 Å². The van der Waals surface area contributed by atoms with E-state index in [2.05, 4.69) is 15.3 Å². The molecule has 0 radical (unpaired) electrons. The molecule has 0 saturated carbocycles. The summed E-state index contributed by atoms with van der Waals surface area (Å²) in [6.45, 7) is 0.637. The number of aromatic hydroxyl groups is 1. The van der Waals surface area contributed by atoms with Crippen LogP contribution < -0.4 is 10.9 Å². The lowest BCUT2D eigenvalue weighted by Crippen LogP contribution is -2.18. The van der Waals surface area contributed by atoms with Crippen molar-refractivity contribution >= 4 is 0 Å². The predicted octanol–water partition coefficient (Wildman–Crippen LogP) is 1.04. The third-order valence-corrected chi connectivity index (χ3v) is 2.69. The summed E-state index contributed by atoms with van der Waals surface area (Å²) in [5.41, 5.74) is 0.0336. The molecule has 1 aromatic carbocycles. The maximum atomic E-state index is 12.8. The van der Waals surface area contributed by atoms with Crippen LogP contribution in [0.3, 0.4) is 0 Å². The minimum atomic E-state index is -0.440. The molecule has 6 heteroatoms. The molecule has 2 aromatic rings. The van der Waals surface area contributed by atoms with E-state index in [9.17, 15) is 14.3 Å². The van der Waals surface area contributed by atoms with E-state index in [1.807, 2.05) is 0 Å². The van der Waals surface area contributed by atoms with Crippen LogP contribution in [0.4, 0.5) is 4.39 Å². The zero-order valence-electron chi connectivity index (χ0n) is 10.4. The molecule has 1 aromatic heterocycles. The van der Waals surface area contributed by atoms with Crippen LogP contribution in [0.5, 0.6) is 5.88 Å². The highest BCUT2D eigenvalue weighted by Gasteiger charge is 2.12. The highest BCUT2D eigenvalue weighted by atomic mass is 19.1. The molecule has 0 fully saturated rings. The Labute approximate surface area is 109 Å². The summed E-state index contributed by atoms with van der Waals surface area (Å²) < 4.78 is 12.8. The molecule has 0 aliphatic rings. The second-order valence-corrected chi connectivity index (χ2v) is 4.07. The molecular weight excluding hydrogens is 249 g/mol. The van der Waals surface area contributed by atoms with Crippen molar-refractivity contribution < 1.29 is 9.50 Å². The van der Waals surface area contributed by atoms with Gasteiger partial charge >= 0.3 is 0 Å². The third kappa shape index (κ3) is 2.97. The maximum Gasteiger partial charge on any atom is 0.262 e. The molecule has 0 aliphatic heterocycles. The fraction of sp³-hybridized carbons (Fsp3) is 0.231. The molecule has 19 heavy (non-hydrogen) atoms. The standard InChI is InChI=1S/C13H14FN3O2/c1-15-7-6-10-16-12(18)11(13(19)17-10)8-2-4-9(14)5-3-8/h2-5,15H,6-7H2,1H3,(H2,16,17,18,19). The first-order chi connectivity index (χ1) is 9.11. The average molecular weight is 263 g/mol. The van der Waals surface area contributed by atoms with E-state index in [4.69, 9.17) is 0 Å². The Hall–Kier alpha value is -2.21. The van der Waals surface area contributed by atoms with E-state index in [1.165, 1.54) is 24.3 Å². The Morgan fingerprint density at radius 1 is 1.37 bits per heavy atom. The molecule has 0 spiro atoms. The molecule has 0 atom stereocenters. The summed E-state index contributed by atoms with van der Waals surface area (Å²) in [5, 5.41) is 12.8. The van der Waals surface area contributed by atoms with Gasteiger partial charge in [-0.1, -0.05) is 12.1 Å². The molecule has 0 saturated heterocycles. The van der Waals surface area contributed by atoms with Gasteiger partial charge in [-0.3, -0.25) is 4.79 Å². The highest BCUT2D eigenvalue weighted by Crippen LogP contribution is 2.23. The fourth-order valence-corrected chi connectivity index (χ4v) is 1.75. The van der Waals surface area contributed by atoms with Gasteiger partial charge in [-0.2, -0.15) is 4.98 Å². The van der Waals surface area contributed by atoms with Crippen LogP contribution in [0.25, 0.3) is 11.1 Å².